The van der Waals surface area contributed by atoms with E-state index in [1.807, 2.05) is 0 Å². The number of benzene rings is 2. The first-order valence-corrected chi connectivity index (χ1v) is 6.86. The number of carboxylic acids is 1. The highest BCUT2D eigenvalue weighted by atomic mass is 16.5. The molecule has 0 radical (unpaired) electrons. The van der Waals surface area contributed by atoms with Gasteiger partial charge in [0.05, 0.1) is 5.48 Å². The van der Waals surface area contributed by atoms with Crippen molar-refractivity contribution in [1.29, 1.82) is 0 Å². The van der Waals surface area contributed by atoms with Crippen molar-refractivity contribution in [2.24, 2.45) is 0 Å². The monoisotopic (exact) mass is 364 g/mol. The van der Waals surface area contributed by atoms with Gasteiger partial charge >= 0.3 is 5.97 Å². The van der Waals surface area contributed by atoms with Gasteiger partial charge in [-0.15, -0.1) is 0 Å². The van der Waals surface area contributed by atoms with Crippen LogP contribution in [0.4, 0.5) is 0 Å². The van der Waals surface area contributed by atoms with Crippen molar-refractivity contribution in [3.8, 4) is 40.1 Å². The van der Waals surface area contributed by atoms with E-state index in [1.165, 1.54) is 0 Å². The van der Waals surface area contributed by atoms with Crippen LogP contribution in [0.15, 0.2) is 39.4 Å². The molecule has 26 heavy (non-hydrogen) atoms. The van der Waals surface area contributed by atoms with Crippen molar-refractivity contribution in [3.05, 3.63) is 40.5 Å². The van der Waals surface area contributed by atoms with Gasteiger partial charge in [-0.25, -0.2) is 4.79 Å². The van der Waals surface area contributed by atoms with Gasteiger partial charge in [-0.3, -0.25) is 4.79 Å². The van der Waals surface area contributed by atoms with Gasteiger partial charge in [0.25, 0.3) is 0 Å². The molecule has 5 N–H and O–H groups in total. The molecule has 9 heteroatoms. The second-order valence-corrected chi connectivity index (χ2v) is 4.95. The predicted octanol–water partition coefficient (Wildman–Crippen LogP) is 1.75. The van der Waals surface area contributed by atoms with E-state index in [0.717, 1.165) is 6.07 Å². The number of aromatic hydroxyl groups is 4. The number of carbonyl (C=O) groups is 1. The summed E-state index contributed by atoms with van der Waals surface area (Å²) >= 11 is 0. The molecular formula is C17H12O9. The molecule has 1 heterocycles. The van der Waals surface area contributed by atoms with Gasteiger partial charge in [-0.1, -0.05) is 0 Å². The highest BCUT2D eigenvalue weighted by molar-refractivity contribution is 5.88. The summed E-state index contributed by atoms with van der Waals surface area (Å²) in [5, 5.41) is 47.4. The number of rotatable bonds is 4. The smallest absolute Gasteiger partial charge is 0.341 e. The molecule has 0 aliphatic rings. The molecule has 3 rings (SSSR count). The van der Waals surface area contributed by atoms with Crippen LogP contribution in [0.1, 0.15) is 5.48 Å². The van der Waals surface area contributed by atoms with Crippen molar-refractivity contribution in [1.82, 2.24) is 0 Å². The summed E-state index contributed by atoms with van der Waals surface area (Å²) in [6.45, 7) is -1.06. The number of fused-ring (bicyclic) bond motifs is 1. The van der Waals surface area contributed by atoms with Crippen molar-refractivity contribution in [2.45, 2.75) is 0 Å². The highest BCUT2D eigenvalue weighted by Gasteiger charge is 2.22. The van der Waals surface area contributed by atoms with Crippen LogP contribution in [0, 0.1) is 0 Å². The van der Waals surface area contributed by atoms with E-state index in [9.17, 15) is 30.0 Å². The molecule has 0 amide bonds. The minimum Gasteiger partial charge on any atom is -0.508 e. The molecule has 9 nitrogen and oxygen atoms in total. The molecule has 3 aromatic rings. The van der Waals surface area contributed by atoms with E-state index in [4.69, 9.17) is 19.7 Å². The highest BCUT2D eigenvalue weighted by Crippen LogP contribution is 2.38. The molecule has 0 aliphatic heterocycles. The largest absolute Gasteiger partial charge is 0.508 e. The predicted molar refractivity (Wildman–Crippen MR) is 87.7 cm³/mol. The first-order chi connectivity index (χ1) is 14.0. The fourth-order valence-corrected chi connectivity index (χ4v) is 2.13. The van der Waals surface area contributed by atoms with E-state index in [-0.39, 0.29) is 0 Å². The van der Waals surface area contributed by atoms with E-state index in [1.54, 1.807) is 0 Å². The van der Waals surface area contributed by atoms with Crippen LogP contribution in [-0.4, -0.2) is 38.1 Å². The van der Waals surface area contributed by atoms with Gasteiger partial charge in [0, 0.05) is 17.6 Å². The Labute approximate surface area is 150 Å². The molecule has 0 unspecified atom stereocenters. The number of carboxylic acid groups (broad SMARTS) is 1. The SMILES string of the molecule is [2H]c1cc(-c2oc3c([2H])c(O)c([2H])c(O)c3c(=O)c2OCC(=O)O)c([2H])c(O)c1O. The van der Waals surface area contributed by atoms with E-state index < -0.39 is 93.2 Å². The molecule has 0 saturated carbocycles. The summed E-state index contributed by atoms with van der Waals surface area (Å²) < 4.78 is 41.3. The number of ether oxygens (including phenoxy) is 1. The number of hydrogen-bond donors (Lipinski definition) is 5. The molecule has 0 bridgehead atoms. The summed E-state index contributed by atoms with van der Waals surface area (Å²) in [5.74, 6) is -7.11. The van der Waals surface area contributed by atoms with Crippen LogP contribution in [0.5, 0.6) is 28.7 Å². The lowest BCUT2D eigenvalue weighted by Gasteiger charge is -2.12. The molecule has 2 aromatic carbocycles. The van der Waals surface area contributed by atoms with Gasteiger partial charge in [0.1, 0.15) is 22.5 Å². The van der Waals surface area contributed by atoms with Gasteiger partial charge in [-0.2, -0.15) is 0 Å². The molecule has 0 atom stereocenters. The fourth-order valence-electron chi connectivity index (χ4n) is 2.13. The fraction of sp³-hybridized carbons (Fsp3) is 0.0588. The van der Waals surface area contributed by atoms with E-state index >= 15 is 0 Å². The Hall–Kier alpha value is -3.88. The van der Waals surface area contributed by atoms with Crippen LogP contribution in [0.2, 0.25) is 0 Å². The normalized spacial score (nSPS) is 12.9. The van der Waals surface area contributed by atoms with Gasteiger partial charge in [-0.05, 0) is 18.2 Å². The zero-order valence-corrected chi connectivity index (χ0v) is 12.7. The summed E-state index contributed by atoms with van der Waals surface area (Å²) in [6.07, 6.45) is 0. The first-order valence-electron chi connectivity index (χ1n) is 8.86. The standard InChI is InChI=1S/C17H12O9/c18-8-4-11(21)14-12(5-8)26-16(7-1-2-9(19)10(20)3-7)17(15(14)24)25-6-13(22)23/h1-5,18-21H,6H2,(H,22,23)/i2D,3D,4D,5D. The maximum Gasteiger partial charge on any atom is 0.341 e. The second kappa shape index (κ2) is 6.20. The Balaban J connectivity index is 2.51. The molecule has 0 fully saturated rings. The van der Waals surface area contributed by atoms with E-state index in [2.05, 4.69) is 0 Å². The number of phenols is 4. The van der Waals surface area contributed by atoms with Crippen LogP contribution >= 0.6 is 0 Å². The van der Waals surface area contributed by atoms with E-state index in [0.29, 0.717) is 0 Å². The average molecular weight is 364 g/mol. The average Bonchev–Trinajstić information content (AvgIpc) is 2.70. The minimum absolute atomic E-state index is 0.483. The van der Waals surface area contributed by atoms with Gasteiger partial charge < -0.3 is 34.7 Å². The Morgan fingerprint density at radius 1 is 1.12 bits per heavy atom. The minimum atomic E-state index is -1.50. The number of aliphatic carboxylic acids is 1. The van der Waals surface area contributed by atoms with Gasteiger partial charge in [0.2, 0.25) is 11.2 Å². The Morgan fingerprint density at radius 3 is 2.54 bits per heavy atom. The molecule has 134 valence electrons. The third-order valence-corrected chi connectivity index (χ3v) is 3.19. The molecule has 1 aromatic heterocycles. The maximum atomic E-state index is 12.9. The number of phenolic OH excluding ortho intramolecular Hbond substituents is 4. The third-order valence-electron chi connectivity index (χ3n) is 3.19. The van der Waals surface area contributed by atoms with Crippen molar-refractivity contribution >= 4 is 16.9 Å². The van der Waals surface area contributed by atoms with Crippen LogP contribution in [0.3, 0.4) is 0 Å². The molecule has 0 spiro atoms. The zero-order valence-electron chi connectivity index (χ0n) is 16.7. The lowest BCUT2D eigenvalue weighted by Crippen LogP contribution is -2.16. The van der Waals surface area contributed by atoms with Crippen molar-refractivity contribution in [2.75, 3.05) is 6.61 Å². The molecule has 0 saturated heterocycles. The summed E-state index contributed by atoms with van der Waals surface area (Å²) in [6, 6.07) is -2.49. The summed E-state index contributed by atoms with van der Waals surface area (Å²) in [7, 11) is 0. The third kappa shape index (κ3) is 2.93. The lowest BCUT2D eigenvalue weighted by molar-refractivity contribution is -0.139. The Morgan fingerprint density at radius 2 is 1.85 bits per heavy atom. The Bertz CT molecular complexity index is 1280. The topological polar surface area (TPSA) is 158 Å². The quantitative estimate of drug-likeness (QED) is 0.435. The lowest BCUT2D eigenvalue weighted by atomic mass is 10.1. The van der Waals surface area contributed by atoms with Gasteiger partial charge in [0.15, 0.2) is 23.9 Å². The van der Waals surface area contributed by atoms with Crippen LogP contribution in [0.25, 0.3) is 22.3 Å². The zero-order chi connectivity index (χ0) is 22.5. The van der Waals surface area contributed by atoms with Crippen molar-refractivity contribution < 1.29 is 45.0 Å². The first kappa shape index (κ1) is 12.5. The number of hydrogen-bond acceptors (Lipinski definition) is 8. The van der Waals surface area contributed by atoms with Crippen LogP contribution in [-0.2, 0) is 4.79 Å². The Kier molecular flexibility index (Phi) is 2.98. The maximum absolute atomic E-state index is 12.9. The van der Waals surface area contributed by atoms with Crippen LogP contribution < -0.4 is 10.2 Å². The second-order valence-electron chi connectivity index (χ2n) is 4.95. The van der Waals surface area contributed by atoms with Crippen molar-refractivity contribution in [3.63, 3.8) is 0 Å². The summed E-state index contributed by atoms with van der Waals surface area (Å²) in [5.41, 5.74) is -2.43. The molecular weight excluding hydrogens is 348 g/mol. The molecule has 0 aliphatic carbocycles. The summed E-state index contributed by atoms with van der Waals surface area (Å²) in [4.78, 5) is 23.8.